The molecule has 0 aliphatic carbocycles. The number of hydrogen-bond acceptors (Lipinski definition) is 5. The van der Waals surface area contributed by atoms with E-state index in [0.717, 1.165) is 10.7 Å². The molecule has 4 nitrogen and oxygen atoms in total. The minimum atomic E-state index is -0.323. The Labute approximate surface area is 140 Å². The normalized spacial score (nSPS) is 18.3. The van der Waals surface area contributed by atoms with Gasteiger partial charge in [-0.25, -0.2) is 9.79 Å². The molecular weight excluding hydrogens is 320 g/mol. The average molecular weight is 339 g/mol. The van der Waals surface area contributed by atoms with Crippen LogP contribution in [0.1, 0.15) is 25.5 Å². The number of halogens is 1. The molecule has 1 aromatic rings. The smallest absolute Gasteiger partial charge is 0.338 e. The Balaban J connectivity index is 2.53. The first-order valence-electron chi connectivity index (χ1n) is 6.98. The van der Waals surface area contributed by atoms with Crippen molar-refractivity contribution in [1.82, 2.24) is 4.90 Å². The number of benzene rings is 1. The maximum Gasteiger partial charge on any atom is 0.338 e. The minimum Gasteiger partial charge on any atom is -0.463 e. The van der Waals surface area contributed by atoms with Crippen LogP contribution in [0.2, 0.25) is 5.02 Å². The van der Waals surface area contributed by atoms with Crippen LogP contribution in [0.4, 0.5) is 0 Å². The Morgan fingerprint density at radius 3 is 2.59 bits per heavy atom. The fraction of sp³-hybridized carbons (Fsp3) is 0.375. The summed E-state index contributed by atoms with van der Waals surface area (Å²) >= 11 is 7.53. The number of ether oxygens (including phenoxy) is 1. The van der Waals surface area contributed by atoms with Crippen molar-refractivity contribution in [2.45, 2.75) is 19.9 Å². The monoisotopic (exact) mass is 338 g/mol. The molecule has 0 spiro atoms. The van der Waals surface area contributed by atoms with Crippen LogP contribution in [-0.4, -0.2) is 35.9 Å². The maximum absolute atomic E-state index is 12.4. The molecular formula is C16H19ClN2O2S. The van der Waals surface area contributed by atoms with E-state index >= 15 is 0 Å². The average Bonchev–Trinajstić information content (AvgIpc) is 2.50. The lowest BCUT2D eigenvalue weighted by molar-refractivity contribution is -0.139. The van der Waals surface area contributed by atoms with Crippen LogP contribution >= 0.6 is 23.4 Å². The Morgan fingerprint density at radius 2 is 2.05 bits per heavy atom. The molecule has 2 rings (SSSR count). The van der Waals surface area contributed by atoms with E-state index < -0.39 is 0 Å². The summed E-state index contributed by atoms with van der Waals surface area (Å²) in [4.78, 5) is 18.9. The third-order valence-electron chi connectivity index (χ3n) is 3.48. The molecule has 0 aromatic heterocycles. The summed E-state index contributed by atoms with van der Waals surface area (Å²) in [6, 6.07) is 7.29. The summed E-state index contributed by atoms with van der Waals surface area (Å²) in [5.74, 6) is -0.323. The zero-order chi connectivity index (χ0) is 16.3. The van der Waals surface area contributed by atoms with Gasteiger partial charge in [0, 0.05) is 12.1 Å². The van der Waals surface area contributed by atoms with Crippen molar-refractivity contribution >= 4 is 34.5 Å². The van der Waals surface area contributed by atoms with Gasteiger partial charge in [0.15, 0.2) is 5.17 Å². The number of amidine groups is 1. The molecule has 1 heterocycles. The molecule has 0 bridgehead atoms. The number of thioether (sulfide) groups is 1. The number of hydrogen-bond donors (Lipinski definition) is 0. The van der Waals surface area contributed by atoms with E-state index in [4.69, 9.17) is 16.3 Å². The van der Waals surface area contributed by atoms with Gasteiger partial charge in [-0.3, -0.25) is 0 Å². The van der Waals surface area contributed by atoms with Gasteiger partial charge in [0.25, 0.3) is 0 Å². The first-order valence-corrected chi connectivity index (χ1v) is 8.58. The molecule has 22 heavy (non-hydrogen) atoms. The lowest BCUT2D eigenvalue weighted by Gasteiger charge is -2.35. The standard InChI is InChI=1S/C16H19ClN2O2S/c1-5-21-15(20)13-10(2)18-16(22-4)19(3)14(13)11-6-8-12(17)9-7-11/h6-9,14H,5H2,1-4H3. The summed E-state index contributed by atoms with van der Waals surface area (Å²) < 4.78 is 5.22. The van der Waals surface area contributed by atoms with Gasteiger partial charge < -0.3 is 9.64 Å². The van der Waals surface area contributed by atoms with Crippen LogP contribution in [0.5, 0.6) is 0 Å². The molecule has 1 atom stereocenters. The lowest BCUT2D eigenvalue weighted by Crippen LogP contribution is -2.36. The second-order valence-corrected chi connectivity index (χ2v) is 6.09. The van der Waals surface area contributed by atoms with Gasteiger partial charge in [-0.05, 0) is 37.8 Å². The molecule has 118 valence electrons. The Hall–Kier alpha value is -1.46. The fourth-order valence-corrected chi connectivity index (χ4v) is 3.23. The number of carbonyl (C=O) groups is 1. The molecule has 0 saturated heterocycles. The largest absolute Gasteiger partial charge is 0.463 e. The molecule has 1 unspecified atom stereocenters. The first-order chi connectivity index (χ1) is 10.5. The van der Waals surface area contributed by atoms with Crippen molar-refractivity contribution in [3.63, 3.8) is 0 Å². The summed E-state index contributed by atoms with van der Waals surface area (Å²) in [6.07, 6.45) is 1.97. The van der Waals surface area contributed by atoms with Gasteiger partial charge in [-0.15, -0.1) is 0 Å². The second kappa shape index (κ2) is 7.20. The maximum atomic E-state index is 12.4. The molecule has 1 aliphatic heterocycles. The van der Waals surface area contributed by atoms with E-state index in [-0.39, 0.29) is 12.0 Å². The van der Waals surface area contributed by atoms with Crippen LogP contribution < -0.4 is 0 Å². The van der Waals surface area contributed by atoms with Gasteiger partial charge in [0.2, 0.25) is 0 Å². The van der Waals surface area contributed by atoms with Gasteiger partial charge in [-0.1, -0.05) is 35.5 Å². The van der Waals surface area contributed by atoms with E-state index in [9.17, 15) is 4.79 Å². The zero-order valence-electron chi connectivity index (χ0n) is 13.1. The fourth-order valence-electron chi connectivity index (χ4n) is 2.48. The molecule has 0 radical (unpaired) electrons. The van der Waals surface area contributed by atoms with E-state index in [1.807, 2.05) is 49.4 Å². The highest BCUT2D eigenvalue weighted by Gasteiger charge is 2.34. The summed E-state index contributed by atoms with van der Waals surface area (Å²) in [5, 5.41) is 1.53. The van der Waals surface area contributed by atoms with E-state index in [1.54, 1.807) is 18.7 Å². The Bertz CT molecular complexity index is 626. The number of rotatable bonds is 3. The van der Waals surface area contributed by atoms with Crippen LogP contribution in [0, 0.1) is 0 Å². The van der Waals surface area contributed by atoms with Crippen molar-refractivity contribution in [3.8, 4) is 0 Å². The van der Waals surface area contributed by atoms with E-state index in [2.05, 4.69) is 4.99 Å². The van der Waals surface area contributed by atoms with Crippen LogP contribution in [0.15, 0.2) is 40.5 Å². The number of aliphatic imine (C=N–C) groups is 1. The summed E-state index contributed by atoms with van der Waals surface area (Å²) in [6.45, 7) is 3.98. The van der Waals surface area contributed by atoms with Crippen molar-refractivity contribution in [1.29, 1.82) is 0 Å². The SMILES string of the molecule is CCOC(=O)C1=C(C)N=C(SC)N(C)C1c1ccc(Cl)cc1. The highest BCUT2D eigenvalue weighted by Crippen LogP contribution is 2.36. The van der Waals surface area contributed by atoms with Gasteiger partial charge in [-0.2, -0.15) is 0 Å². The van der Waals surface area contributed by atoms with Crippen molar-refractivity contribution in [2.75, 3.05) is 19.9 Å². The lowest BCUT2D eigenvalue weighted by atomic mass is 9.95. The molecule has 0 amide bonds. The number of nitrogens with zero attached hydrogens (tertiary/aromatic N) is 2. The van der Waals surface area contributed by atoms with Crippen molar-refractivity contribution in [2.24, 2.45) is 4.99 Å². The van der Waals surface area contributed by atoms with E-state index in [1.165, 1.54) is 0 Å². The number of allylic oxidation sites excluding steroid dienone is 1. The number of carbonyl (C=O) groups excluding carboxylic acids is 1. The number of likely N-dealkylation sites (N-methyl/N-ethyl adjacent to an activating group) is 1. The van der Waals surface area contributed by atoms with Gasteiger partial charge in [0.05, 0.1) is 23.9 Å². The van der Waals surface area contributed by atoms with Gasteiger partial charge in [0.1, 0.15) is 0 Å². The number of esters is 1. The predicted octanol–water partition coefficient (Wildman–Crippen LogP) is 3.88. The molecule has 0 N–H and O–H groups in total. The third kappa shape index (κ3) is 3.31. The zero-order valence-corrected chi connectivity index (χ0v) is 14.7. The van der Waals surface area contributed by atoms with Crippen LogP contribution in [-0.2, 0) is 9.53 Å². The highest BCUT2D eigenvalue weighted by molar-refractivity contribution is 8.13. The van der Waals surface area contributed by atoms with Crippen molar-refractivity contribution < 1.29 is 9.53 Å². The molecule has 0 fully saturated rings. The molecule has 1 aromatic carbocycles. The summed E-state index contributed by atoms with van der Waals surface area (Å²) in [5.41, 5.74) is 2.25. The minimum absolute atomic E-state index is 0.226. The van der Waals surface area contributed by atoms with Crippen LogP contribution in [0.25, 0.3) is 0 Å². The molecule has 6 heteroatoms. The first kappa shape index (κ1) is 16.9. The summed E-state index contributed by atoms with van der Waals surface area (Å²) in [7, 11) is 1.93. The molecule has 0 saturated carbocycles. The Morgan fingerprint density at radius 1 is 1.41 bits per heavy atom. The topological polar surface area (TPSA) is 41.9 Å². The quantitative estimate of drug-likeness (QED) is 0.784. The highest BCUT2D eigenvalue weighted by atomic mass is 35.5. The Kier molecular flexibility index (Phi) is 5.53. The van der Waals surface area contributed by atoms with E-state index in [0.29, 0.717) is 22.9 Å². The van der Waals surface area contributed by atoms with Crippen molar-refractivity contribution in [3.05, 3.63) is 46.1 Å². The van der Waals surface area contributed by atoms with Crippen LogP contribution in [0.3, 0.4) is 0 Å². The third-order valence-corrected chi connectivity index (χ3v) is 4.48. The van der Waals surface area contributed by atoms with Gasteiger partial charge >= 0.3 is 5.97 Å². The second-order valence-electron chi connectivity index (χ2n) is 4.88. The predicted molar refractivity (Wildman–Crippen MR) is 92.2 cm³/mol. The molecule has 1 aliphatic rings.